The molecule has 4 heteroatoms. The van der Waals surface area contributed by atoms with E-state index in [9.17, 15) is 0 Å². The fraction of sp³-hybridized carbons (Fsp3) is 0.750. The standard InChI is InChI=1S/C12H20ClN3/c1-8(2)14-6-10-4-5-12(10)16-7-11(13)9(3)15-16/h7-8,10,12,14H,4-6H2,1-3H3. The number of hydrogen-bond donors (Lipinski definition) is 1. The van der Waals surface area contributed by atoms with Crippen LogP contribution in [0.2, 0.25) is 5.02 Å². The van der Waals surface area contributed by atoms with Gasteiger partial charge < -0.3 is 5.32 Å². The summed E-state index contributed by atoms with van der Waals surface area (Å²) < 4.78 is 2.05. The van der Waals surface area contributed by atoms with Crippen molar-refractivity contribution < 1.29 is 0 Å². The highest BCUT2D eigenvalue weighted by atomic mass is 35.5. The van der Waals surface area contributed by atoms with Crippen LogP contribution in [0.5, 0.6) is 0 Å². The van der Waals surface area contributed by atoms with Gasteiger partial charge in [-0.25, -0.2) is 0 Å². The number of rotatable bonds is 4. The van der Waals surface area contributed by atoms with Crippen LogP contribution in [0, 0.1) is 12.8 Å². The summed E-state index contributed by atoms with van der Waals surface area (Å²) in [6, 6.07) is 1.10. The van der Waals surface area contributed by atoms with Gasteiger partial charge in [0.15, 0.2) is 0 Å². The molecule has 2 unspecified atom stereocenters. The van der Waals surface area contributed by atoms with E-state index in [4.69, 9.17) is 11.6 Å². The molecular formula is C12H20ClN3. The summed E-state index contributed by atoms with van der Waals surface area (Å²) in [5.74, 6) is 0.706. The molecule has 0 amide bonds. The Labute approximate surface area is 102 Å². The molecule has 16 heavy (non-hydrogen) atoms. The van der Waals surface area contributed by atoms with E-state index in [2.05, 4.69) is 24.3 Å². The molecule has 1 fully saturated rings. The highest BCUT2D eigenvalue weighted by Crippen LogP contribution is 2.38. The Kier molecular flexibility index (Phi) is 3.55. The average Bonchev–Trinajstić information content (AvgIpc) is 2.44. The fourth-order valence-corrected chi connectivity index (χ4v) is 2.29. The van der Waals surface area contributed by atoms with Gasteiger partial charge in [-0.2, -0.15) is 5.10 Å². The van der Waals surface area contributed by atoms with Crippen molar-refractivity contribution in [3.63, 3.8) is 0 Å². The third kappa shape index (κ3) is 2.41. The molecule has 1 heterocycles. The van der Waals surface area contributed by atoms with Gasteiger partial charge in [0.25, 0.3) is 0 Å². The van der Waals surface area contributed by atoms with Crippen LogP contribution in [0.15, 0.2) is 6.20 Å². The van der Waals surface area contributed by atoms with Gasteiger partial charge in [0.1, 0.15) is 0 Å². The lowest BCUT2D eigenvalue weighted by Gasteiger charge is -2.37. The van der Waals surface area contributed by atoms with Crippen LogP contribution in [-0.4, -0.2) is 22.4 Å². The zero-order valence-electron chi connectivity index (χ0n) is 10.2. The Morgan fingerprint density at radius 3 is 2.75 bits per heavy atom. The van der Waals surface area contributed by atoms with Crippen molar-refractivity contribution in [2.75, 3.05) is 6.54 Å². The molecule has 2 atom stereocenters. The Bertz CT molecular complexity index is 340. The smallest absolute Gasteiger partial charge is 0.0815 e. The van der Waals surface area contributed by atoms with Gasteiger partial charge in [0, 0.05) is 18.8 Å². The van der Waals surface area contributed by atoms with Crippen molar-refractivity contribution in [2.45, 2.75) is 45.7 Å². The maximum atomic E-state index is 6.03. The van der Waals surface area contributed by atoms with Crippen molar-refractivity contribution >= 4 is 11.6 Å². The topological polar surface area (TPSA) is 29.9 Å². The highest BCUT2D eigenvalue weighted by molar-refractivity contribution is 6.31. The van der Waals surface area contributed by atoms with Crippen molar-refractivity contribution in [1.82, 2.24) is 15.1 Å². The fourth-order valence-electron chi connectivity index (χ4n) is 2.15. The van der Waals surface area contributed by atoms with Gasteiger partial charge in [0.05, 0.1) is 16.8 Å². The van der Waals surface area contributed by atoms with E-state index in [1.54, 1.807) is 0 Å². The first-order valence-electron chi connectivity index (χ1n) is 6.02. The molecule has 0 spiro atoms. The molecule has 0 aromatic carbocycles. The molecule has 1 N–H and O–H groups in total. The maximum absolute atomic E-state index is 6.03. The number of nitrogens with one attached hydrogen (secondary N) is 1. The second kappa shape index (κ2) is 4.76. The summed E-state index contributed by atoms with van der Waals surface area (Å²) in [5, 5.41) is 8.74. The van der Waals surface area contributed by atoms with Crippen LogP contribution >= 0.6 is 11.6 Å². The van der Waals surface area contributed by atoms with E-state index >= 15 is 0 Å². The largest absolute Gasteiger partial charge is 0.314 e. The van der Waals surface area contributed by atoms with Gasteiger partial charge in [-0.3, -0.25) is 4.68 Å². The Balaban J connectivity index is 1.95. The molecule has 0 radical (unpaired) electrons. The average molecular weight is 242 g/mol. The van der Waals surface area contributed by atoms with E-state index in [0.717, 1.165) is 17.3 Å². The quantitative estimate of drug-likeness (QED) is 0.879. The van der Waals surface area contributed by atoms with Gasteiger partial charge in [0.2, 0.25) is 0 Å². The second-order valence-electron chi connectivity index (χ2n) is 5.01. The number of halogens is 1. The zero-order valence-corrected chi connectivity index (χ0v) is 11.0. The van der Waals surface area contributed by atoms with Crippen LogP contribution in [0.25, 0.3) is 0 Å². The summed E-state index contributed by atoms with van der Waals surface area (Å²) >= 11 is 6.03. The van der Waals surface area contributed by atoms with Crippen LogP contribution in [0.3, 0.4) is 0 Å². The minimum absolute atomic E-state index is 0.539. The summed E-state index contributed by atoms with van der Waals surface area (Å²) in [4.78, 5) is 0. The van der Waals surface area contributed by atoms with Crippen LogP contribution < -0.4 is 5.32 Å². The van der Waals surface area contributed by atoms with E-state index in [0.29, 0.717) is 18.0 Å². The van der Waals surface area contributed by atoms with Crippen LogP contribution in [0.4, 0.5) is 0 Å². The maximum Gasteiger partial charge on any atom is 0.0815 e. The van der Waals surface area contributed by atoms with Gasteiger partial charge in [-0.15, -0.1) is 0 Å². The minimum atomic E-state index is 0.539. The van der Waals surface area contributed by atoms with Crippen LogP contribution in [0.1, 0.15) is 38.4 Å². The molecule has 0 aliphatic heterocycles. The van der Waals surface area contributed by atoms with Gasteiger partial charge in [-0.1, -0.05) is 25.4 Å². The number of nitrogens with zero attached hydrogens (tertiary/aromatic N) is 2. The molecule has 3 nitrogen and oxygen atoms in total. The predicted molar refractivity (Wildman–Crippen MR) is 66.9 cm³/mol. The molecule has 0 bridgehead atoms. The molecule has 1 saturated carbocycles. The van der Waals surface area contributed by atoms with Gasteiger partial charge in [-0.05, 0) is 25.7 Å². The van der Waals surface area contributed by atoms with E-state index < -0.39 is 0 Å². The van der Waals surface area contributed by atoms with E-state index in [-0.39, 0.29) is 0 Å². The molecule has 1 aromatic heterocycles. The Morgan fingerprint density at radius 1 is 1.56 bits per heavy atom. The molecular weight excluding hydrogens is 222 g/mol. The van der Waals surface area contributed by atoms with E-state index in [1.165, 1.54) is 12.8 Å². The van der Waals surface area contributed by atoms with Crippen molar-refractivity contribution in [3.8, 4) is 0 Å². The van der Waals surface area contributed by atoms with Crippen molar-refractivity contribution in [1.29, 1.82) is 0 Å². The third-order valence-electron chi connectivity index (χ3n) is 3.36. The summed E-state index contributed by atoms with van der Waals surface area (Å²) in [6.07, 6.45) is 4.48. The lowest BCUT2D eigenvalue weighted by molar-refractivity contribution is 0.160. The van der Waals surface area contributed by atoms with Gasteiger partial charge >= 0.3 is 0 Å². The molecule has 1 aliphatic carbocycles. The zero-order chi connectivity index (χ0) is 11.7. The predicted octanol–water partition coefficient (Wildman–Crippen LogP) is 2.79. The summed E-state index contributed by atoms with van der Waals surface area (Å²) in [5.41, 5.74) is 0.934. The number of aryl methyl sites for hydroxylation is 1. The number of hydrogen-bond acceptors (Lipinski definition) is 2. The number of aromatic nitrogens is 2. The first-order valence-corrected chi connectivity index (χ1v) is 6.40. The summed E-state index contributed by atoms with van der Waals surface area (Å²) in [7, 11) is 0. The monoisotopic (exact) mass is 241 g/mol. The molecule has 1 aliphatic rings. The molecule has 2 rings (SSSR count). The minimum Gasteiger partial charge on any atom is -0.314 e. The highest BCUT2D eigenvalue weighted by Gasteiger charge is 2.32. The third-order valence-corrected chi connectivity index (χ3v) is 3.73. The Morgan fingerprint density at radius 2 is 2.31 bits per heavy atom. The van der Waals surface area contributed by atoms with Crippen molar-refractivity contribution in [2.24, 2.45) is 5.92 Å². The molecule has 1 aromatic rings. The SMILES string of the molecule is Cc1nn(C2CCC2CNC(C)C)cc1Cl. The van der Waals surface area contributed by atoms with Crippen LogP contribution in [-0.2, 0) is 0 Å². The summed E-state index contributed by atoms with van der Waals surface area (Å²) in [6.45, 7) is 7.41. The van der Waals surface area contributed by atoms with E-state index in [1.807, 2.05) is 17.8 Å². The lowest BCUT2D eigenvalue weighted by Crippen LogP contribution is -2.39. The lowest BCUT2D eigenvalue weighted by atomic mass is 9.79. The normalized spacial score (nSPS) is 24.8. The second-order valence-corrected chi connectivity index (χ2v) is 5.42. The molecule has 90 valence electrons. The first kappa shape index (κ1) is 11.9. The first-order chi connectivity index (χ1) is 7.58. The Hall–Kier alpha value is -0.540. The molecule has 0 saturated heterocycles. The van der Waals surface area contributed by atoms with Crippen molar-refractivity contribution in [3.05, 3.63) is 16.9 Å².